The number of carbonyl (C=O) groups excluding carboxylic acids is 1. The highest BCUT2D eigenvalue weighted by Crippen LogP contribution is 2.22. The third-order valence-electron chi connectivity index (χ3n) is 3.30. The van der Waals surface area contributed by atoms with Crippen LogP contribution in [0.1, 0.15) is 5.56 Å². The standard InChI is InChI=1S/C19H16N2O3S/c1-23-15-10-8-14(9-11-15)5-4-12-20-18(22)13-25-19-21-16-6-2-3-7-17(16)24-19/h2-3,6-11H,12-13H2,1H3,(H,20,22). The number of thioether (sulfide) groups is 1. The quantitative estimate of drug-likeness (QED) is 0.565. The van der Waals surface area contributed by atoms with Crippen molar-refractivity contribution in [1.29, 1.82) is 0 Å². The van der Waals surface area contributed by atoms with E-state index in [1.54, 1.807) is 7.11 Å². The Labute approximate surface area is 149 Å². The third kappa shape index (κ3) is 4.78. The van der Waals surface area contributed by atoms with Gasteiger partial charge in [0.05, 0.1) is 19.4 Å². The minimum atomic E-state index is -0.115. The Morgan fingerprint density at radius 3 is 2.80 bits per heavy atom. The zero-order valence-electron chi connectivity index (χ0n) is 13.6. The van der Waals surface area contributed by atoms with Crippen molar-refractivity contribution < 1.29 is 13.9 Å². The second kappa shape index (κ2) is 8.27. The predicted molar refractivity (Wildman–Crippen MR) is 97.6 cm³/mol. The monoisotopic (exact) mass is 352 g/mol. The van der Waals surface area contributed by atoms with Crippen molar-refractivity contribution in [1.82, 2.24) is 10.3 Å². The number of amides is 1. The summed E-state index contributed by atoms with van der Waals surface area (Å²) in [5.74, 6) is 6.81. The first-order valence-electron chi connectivity index (χ1n) is 7.62. The molecule has 1 N–H and O–H groups in total. The van der Waals surface area contributed by atoms with Crippen LogP contribution in [0.25, 0.3) is 11.1 Å². The maximum absolute atomic E-state index is 11.8. The minimum Gasteiger partial charge on any atom is -0.497 e. The summed E-state index contributed by atoms with van der Waals surface area (Å²) in [6.45, 7) is 0.291. The second-order valence-corrected chi connectivity index (χ2v) is 5.97. The van der Waals surface area contributed by atoms with Crippen LogP contribution >= 0.6 is 11.8 Å². The van der Waals surface area contributed by atoms with Crippen molar-refractivity contribution in [3.05, 3.63) is 54.1 Å². The van der Waals surface area contributed by atoms with Crippen LogP contribution in [0.15, 0.2) is 58.2 Å². The predicted octanol–water partition coefficient (Wildman–Crippen LogP) is 3.10. The van der Waals surface area contributed by atoms with Crippen LogP contribution in [-0.4, -0.2) is 30.3 Å². The maximum Gasteiger partial charge on any atom is 0.257 e. The number of aromatic nitrogens is 1. The van der Waals surface area contributed by atoms with Crippen molar-refractivity contribution in [2.45, 2.75) is 5.22 Å². The molecule has 126 valence electrons. The van der Waals surface area contributed by atoms with Crippen LogP contribution in [0, 0.1) is 11.8 Å². The Morgan fingerprint density at radius 2 is 2.04 bits per heavy atom. The average Bonchev–Trinajstić information content (AvgIpc) is 3.07. The van der Waals surface area contributed by atoms with E-state index in [-0.39, 0.29) is 11.7 Å². The fourth-order valence-corrected chi connectivity index (χ4v) is 2.72. The van der Waals surface area contributed by atoms with Gasteiger partial charge in [0.2, 0.25) is 5.91 Å². The van der Waals surface area contributed by atoms with Gasteiger partial charge in [0.15, 0.2) is 5.58 Å². The number of benzene rings is 2. The van der Waals surface area contributed by atoms with Gasteiger partial charge in [0, 0.05) is 5.56 Å². The first-order chi connectivity index (χ1) is 12.2. The van der Waals surface area contributed by atoms with E-state index in [9.17, 15) is 4.79 Å². The molecule has 1 aromatic heterocycles. The normalized spacial score (nSPS) is 10.1. The molecule has 0 aliphatic heterocycles. The minimum absolute atomic E-state index is 0.115. The Morgan fingerprint density at radius 1 is 1.24 bits per heavy atom. The number of methoxy groups -OCH3 is 1. The lowest BCUT2D eigenvalue weighted by Crippen LogP contribution is -2.25. The Bertz CT molecular complexity index is 890. The molecule has 1 heterocycles. The van der Waals surface area contributed by atoms with Crippen molar-refractivity contribution in [3.8, 4) is 17.6 Å². The Balaban J connectivity index is 1.44. The molecule has 3 rings (SSSR count). The number of fused-ring (bicyclic) bond motifs is 1. The molecule has 0 saturated carbocycles. The smallest absolute Gasteiger partial charge is 0.257 e. The van der Waals surface area contributed by atoms with E-state index in [1.807, 2.05) is 48.5 Å². The van der Waals surface area contributed by atoms with Crippen LogP contribution < -0.4 is 10.1 Å². The van der Waals surface area contributed by atoms with Gasteiger partial charge >= 0.3 is 0 Å². The number of nitrogens with one attached hydrogen (secondary N) is 1. The van der Waals surface area contributed by atoms with E-state index >= 15 is 0 Å². The second-order valence-electron chi connectivity index (χ2n) is 5.04. The SMILES string of the molecule is COc1ccc(C#CCNC(=O)CSc2nc3ccccc3o2)cc1. The maximum atomic E-state index is 11.8. The van der Waals surface area contributed by atoms with Gasteiger partial charge < -0.3 is 14.5 Å². The topological polar surface area (TPSA) is 64.4 Å². The number of hydrogen-bond acceptors (Lipinski definition) is 5. The average molecular weight is 352 g/mol. The van der Waals surface area contributed by atoms with Gasteiger partial charge in [-0.05, 0) is 36.4 Å². The van der Waals surface area contributed by atoms with Gasteiger partial charge in [-0.2, -0.15) is 0 Å². The summed E-state index contributed by atoms with van der Waals surface area (Å²) in [5, 5.41) is 3.24. The lowest BCUT2D eigenvalue weighted by molar-refractivity contribution is -0.118. The van der Waals surface area contributed by atoms with E-state index in [0.717, 1.165) is 22.4 Å². The molecule has 0 fully saturated rings. The molecule has 5 nitrogen and oxygen atoms in total. The van der Waals surface area contributed by atoms with Crippen molar-refractivity contribution in [2.24, 2.45) is 0 Å². The summed E-state index contributed by atoms with van der Waals surface area (Å²) >= 11 is 1.26. The van der Waals surface area contributed by atoms with Crippen molar-refractivity contribution in [2.75, 3.05) is 19.4 Å². The summed E-state index contributed by atoms with van der Waals surface area (Å²) in [5.41, 5.74) is 2.38. The Kier molecular flexibility index (Phi) is 5.60. The lowest BCUT2D eigenvalue weighted by Gasteiger charge is -1.99. The first-order valence-corrected chi connectivity index (χ1v) is 8.61. The molecule has 0 unspecified atom stereocenters. The molecule has 0 atom stereocenters. The zero-order chi connectivity index (χ0) is 17.5. The van der Waals surface area contributed by atoms with Crippen LogP contribution in [0.2, 0.25) is 0 Å². The highest BCUT2D eigenvalue weighted by atomic mass is 32.2. The molecule has 6 heteroatoms. The molecule has 0 saturated heterocycles. The van der Waals surface area contributed by atoms with Gasteiger partial charge in [-0.15, -0.1) is 0 Å². The van der Waals surface area contributed by atoms with E-state index in [4.69, 9.17) is 9.15 Å². The fourth-order valence-electron chi connectivity index (χ4n) is 2.05. The molecule has 1 amide bonds. The fraction of sp³-hybridized carbons (Fsp3) is 0.158. The van der Waals surface area contributed by atoms with E-state index in [2.05, 4.69) is 22.1 Å². The summed E-state index contributed by atoms with van der Waals surface area (Å²) in [4.78, 5) is 16.2. The number of ether oxygens (including phenoxy) is 1. The molecule has 0 bridgehead atoms. The van der Waals surface area contributed by atoms with Crippen molar-refractivity contribution in [3.63, 3.8) is 0 Å². The molecule has 0 radical (unpaired) electrons. The van der Waals surface area contributed by atoms with E-state index in [1.165, 1.54) is 11.8 Å². The summed E-state index contributed by atoms with van der Waals surface area (Å²) in [6, 6.07) is 14.9. The van der Waals surface area contributed by atoms with Crippen LogP contribution in [0.3, 0.4) is 0 Å². The number of hydrogen-bond donors (Lipinski definition) is 1. The molecule has 3 aromatic rings. The summed E-state index contributed by atoms with van der Waals surface area (Å²) < 4.78 is 10.6. The third-order valence-corrected chi connectivity index (χ3v) is 4.13. The van der Waals surface area contributed by atoms with Gasteiger partial charge in [-0.25, -0.2) is 4.98 Å². The Hall–Kier alpha value is -2.91. The van der Waals surface area contributed by atoms with E-state index < -0.39 is 0 Å². The zero-order valence-corrected chi connectivity index (χ0v) is 14.4. The van der Waals surface area contributed by atoms with Gasteiger partial charge in [0.1, 0.15) is 11.3 Å². The number of para-hydroxylation sites is 2. The van der Waals surface area contributed by atoms with E-state index in [0.29, 0.717) is 11.8 Å². The molecule has 0 spiro atoms. The molecular weight excluding hydrogens is 336 g/mol. The van der Waals surface area contributed by atoms with Gasteiger partial charge in [-0.3, -0.25) is 4.79 Å². The molecule has 2 aromatic carbocycles. The van der Waals surface area contributed by atoms with Gasteiger partial charge in [0.25, 0.3) is 5.22 Å². The number of oxazole rings is 1. The number of nitrogens with zero attached hydrogens (tertiary/aromatic N) is 1. The van der Waals surface area contributed by atoms with Crippen LogP contribution in [0.4, 0.5) is 0 Å². The first kappa shape index (κ1) is 16.9. The highest BCUT2D eigenvalue weighted by molar-refractivity contribution is 7.99. The van der Waals surface area contributed by atoms with Crippen LogP contribution in [0.5, 0.6) is 5.75 Å². The van der Waals surface area contributed by atoms with Crippen molar-refractivity contribution >= 4 is 28.8 Å². The van der Waals surface area contributed by atoms with Gasteiger partial charge in [-0.1, -0.05) is 35.7 Å². The van der Waals surface area contributed by atoms with Crippen LogP contribution in [-0.2, 0) is 4.79 Å². The summed E-state index contributed by atoms with van der Waals surface area (Å²) in [7, 11) is 1.62. The molecular formula is C19H16N2O3S. The summed E-state index contributed by atoms with van der Waals surface area (Å²) in [6.07, 6.45) is 0. The number of rotatable bonds is 5. The molecule has 25 heavy (non-hydrogen) atoms. The molecule has 0 aliphatic rings. The number of carbonyl (C=O) groups is 1. The highest BCUT2D eigenvalue weighted by Gasteiger charge is 2.08. The largest absolute Gasteiger partial charge is 0.497 e. The molecule has 0 aliphatic carbocycles. The lowest BCUT2D eigenvalue weighted by atomic mass is 10.2.